The lowest BCUT2D eigenvalue weighted by Crippen LogP contribution is -2.36. The Hall–Kier alpha value is -0.0400. The van der Waals surface area contributed by atoms with E-state index in [2.05, 4.69) is 27.7 Å². The predicted molar refractivity (Wildman–Crippen MR) is 75.8 cm³/mol. The molecular formula is C16H33O. The van der Waals surface area contributed by atoms with Crippen molar-refractivity contribution in [1.82, 2.24) is 0 Å². The smallest absolute Gasteiger partial charge is 0.106 e. The predicted octanol–water partition coefficient (Wildman–Crippen LogP) is 5.75. The summed E-state index contributed by atoms with van der Waals surface area (Å²) in [5, 5.41) is 12.9. The molecule has 1 unspecified atom stereocenters. The Labute approximate surface area is 109 Å². The standard InChI is InChI=1S/C16H33O/c1-5-9-12-15(13-10-6-2)16(17,8-4)14-11-7-3/h15H,5-14H2,1-4H3. The summed E-state index contributed by atoms with van der Waals surface area (Å²) < 4.78 is 0. The van der Waals surface area contributed by atoms with Crippen molar-refractivity contribution in [3.05, 3.63) is 0 Å². The van der Waals surface area contributed by atoms with Gasteiger partial charge in [0.15, 0.2) is 0 Å². The fourth-order valence-corrected chi connectivity index (χ4v) is 2.72. The van der Waals surface area contributed by atoms with Gasteiger partial charge in [-0.05, 0) is 31.6 Å². The summed E-state index contributed by atoms with van der Waals surface area (Å²) in [6, 6.07) is 0. The Balaban J connectivity index is 4.44. The molecule has 0 saturated carbocycles. The second kappa shape index (κ2) is 9.94. The minimum atomic E-state index is -0.639. The van der Waals surface area contributed by atoms with E-state index in [4.69, 9.17) is 0 Å². The van der Waals surface area contributed by atoms with Crippen LogP contribution in [0.2, 0.25) is 0 Å². The molecule has 1 nitrogen and oxygen atoms in total. The molecule has 0 aliphatic carbocycles. The lowest BCUT2D eigenvalue weighted by atomic mass is 9.76. The van der Waals surface area contributed by atoms with Crippen LogP contribution in [-0.4, -0.2) is 5.60 Å². The van der Waals surface area contributed by atoms with Gasteiger partial charge in [0.1, 0.15) is 5.60 Å². The molecule has 0 N–H and O–H groups in total. The highest BCUT2D eigenvalue weighted by atomic mass is 16.3. The van der Waals surface area contributed by atoms with Crippen LogP contribution in [0.25, 0.3) is 0 Å². The third-order valence-corrected chi connectivity index (χ3v) is 4.11. The summed E-state index contributed by atoms with van der Waals surface area (Å²) in [6.07, 6.45) is 11.1. The van der Waals surface area contributed by atoms with Crippen LogP contribution < -0.4 is 0 Å². The molecule has 1 heteroatoms. The van der Waals surface area contributed by atoms with E-state index < -0.39 is 5.60 Å². The minimum Gasteiger partial charge on any atom is -0.229 e. The first kappa shape index (κ1) is 17.0. The monoisotopic (exact) mass is 241 g/mol. The third kappa shape index (κ3) is 6.45. The Morgan fingerprint density at radius 3 is 1.65 bits per heavy atom. The zero-order chi connectivity index (χ0) is 13.1. The van der Waals surface area contributed by atoms with Crippen molar-refractivity contribution in [3.8, 4) is 0 Å². The maximum Gasteiger partial charge on any atom is 0.106 e. The second-order valence-corrected chi connectivity index (χ2v) is 5.50. The molecule has 0 aromatic heterocycles. The molecule has 1 atom stereocenters. The Morgan fingerprint density at radius 2 is 1.29 bits per heavy atom. The molecule has 0 heterocycles. The van der Waals surface area contributed by atoms with E-state index in [0.29, 0.717) is 5.92 Å². The lowest BCUT2D eigenvalue weighted by molar-refractivity contribution is -0.0947. The van der Waals surface area contributed by atoms with E-state index in [-0.39, 0.29) is 0 Å². The quantitative estimate of drug-likeness (QED) is 0.439. The van der Waals surface area contributed by atoms with Gasteiger partial charge in [0.2, 0.25) is 0 Å². The Morgan fingerprint density at radius 1 is 0.824 bits per heavy atom. The molecule has 0 aliphatic heterocycles. The molecular weight excluding hydrogens is 208 g/mol. The van der Waals surface area contributed by atoms with Gasteiger partial charge in [-0.3, -0.25) is 0 Å². The van der Waals surface area contributed by atoms with Gasteiger partial charge in [-0.25, -0.2) is 5.11 Å². The normalized spacial score (nSPS) is 15.2. The van der Waals surface area contributed by atoms with Crippen molar-refractivity contribution in [2.45, 2.75) is 97.5 Å². The van der Waals surface area contributed by atoms with E-state index in [9.17, 15) is 5.11 Å². The largest absolute Gasteiger partial charge is 0.229 e. The zero-order valence-electron chi connectivity index (χ0n) is 12.6. The number of unbranched alkanes of at least 4 members (excludes halogenated alkanes) is 3. The van der Waals surface area contributed by atoms with E-state index >= 15 is 0 Å². The third-order valence-electron chi connectivity index (χ3n) is 4.11. The average Bonchev–Trinajstić information content (AvgIpc) is 2.36. The van der Waals surface area contributed by atoms with Gasteiger partial charge >= 0.3 is 0 Å². The topological polar surface area (TPSA) is 19.9 Å². The highest BCUT2D eigenvalue weighted by Crippen LogP contribution is 2.35. The van der Waals surface area contributed by atoms with Crippen LogP contribution in [0.3, 0.4) is 0 Å². The van der Waals surface area contributed by atoms with Crippen LogP contribution in [-0.2, 0) is 5.11 Å². The van der Waals surface area contributed by atoms with E-state index in [1.807, 2.05) is 0 Å². The van der Waals surface area contributed by atoms with Crippen LogP contribution in [0.15, 0.2) is 0 Å². The van der Waals surface area contributed by atoms with E-state index in [1.54, 1.807) is 0 Å². The van der Waals surface area contributed by atoms with Gasteiger partial charge in [0, 0.05) is 0 Å². The fourth-order valence-electron chi connectivity index (χ4n) is 2.72. The first-order valence-electron chi connectivity index (χ1n) is 7.84. The van der Waals surface area contributed by atoms with Gasteiger partial charge in [-0.1, -0.05) is 66.2 Å². The molecule has 0 aromatic rings. The van der Waals surface area contributed by atoms with Crippen molar-refractivity contribution in [2.24, 2.45) is 5.92 Å². The van der Waals surface area contributed by atoms with Crippen LogP contribution in [0.5, 0.6) is 0 Å². The summed E-state index contributed by atoms with van der Waals surface area (Å²) in [5.74, 6) is 0.416. The molecule has 17 heavy (non-hydrogen) atoms. The van der Waals surface area contributed by atoms with Gasteiger partial charge < -0.3 is 0 Å². The molecule has 103 valence electrons. The fraction of sp³-hybridized carbons (Fsp3) is 1.00. The molecule has 0 saturated heterocycles. The van der Waals surface area contributed by atoms with Crippen molar-refractivity contribution in [1.29, 1.82) is 0 Å². The lowest BCUT2D eigenvalue weighted by Gasteiger charge is -2.34. The molecule has 0 amide bonds. The molecule has 0 fully saturated rings. The average molecular weight is 241 g/mol. The molecule has 1 radical (unpaired) electrons. The van der Waals surface area contributed by atoms with E-state index in [0.717, 1.165) is 38.5 Å². The Bertz CT molecular complexity index is 159. The molecule has 0 aliphatic rings. The highest BCUT2D eigenvalue weighted by Gasteiger charge is 2.35. The van der Waals surface area contributed by atoms with Crippen LogP contribution in [0.4, 0.5) is 0 Å². The van der Waals surface area contributed by atoms with Crippen molar-refractivity contribution in [3.63, 3.8) is 0 Å². The van der Waals surface area contributed by atoms with Crippen LogP contribution in [0, 0.1) is 5.92 Å². The molecule has 0 aromatic carbocycles. The number of hydrogen-bond acceptors (Lipinski definition) is 0. The maximum atomic E-state index is 12.9. The van der Waals surface area contributed by atoms with Crippen LogP contribution in [0.1, 0.15) is 91.9 Å². The summed E-state index contributed by atoms with van der Waals surface area (Å²) in [5.41, 5.74) is -0.639. The van der Waals surface area contributed by atoms with Crippen molar-refractivity contribution < 1.29 is 5.11 Å². The summed E-state index contributed by atoms with van der Waals surface area (Å²) in [6.45, 7) is 8.72. The van der Waals surface area contributed by atoms with Gasteiger partial charge in [0.25, 0.3) is 0 Å². The Kier molecular flexibility index (Phi) is 9.91. The zero-order valence-corrected chi connectivity index (χ0v) is 12.6. The van der Waals surface area contributed by atoms with Gasteiger partial charge in [-0.2, -0.15) is 0 Å². The van der Waals surface area contributed by atoms with Gasteiger partial charge in [0.05, 0.1) is 0 Å². The first-order chi connectivity index (χ1) is 8.14. The number of rotatable bonds is 11. The summed E-state index contributed by atoms with van der Waals surface area (Å²) >= 11 is 0. The van der Waals surface area contributed by atoms with Crippen molar-refractivity contribution in [2.75, 3.05) is 0 Å². The van der Waals surface area contributed by atoms with E-state index in [1.165, 1.54) is 25.7 Å². The first-order valence-corrected chi connectivity index (χ1v) is 7.84. The molecule has 0 spiro atoms. The van der Waals surface area contributed by atoms with Crippen molar-refractivity contribution >= 4 is 0 Å². The SMILES string of the molecule is CCCCC(CCCC)C([O])(CC)CCCC. The highest BCUT2D eigenvalue weighted by molar-refractivity contribution is 4.84. The van der Waals surface area contributed by atoms with Crippen LogP contribution >= 0.6 is 0 Å². The number of hydrogen-bond donors (Lipinski definition) is 0. The van der Waals surface area contributed by atoms with Gasteiger partial charge in [-0.15, -0.1) is 0 Å². The summed E-state index contributed by atoms with van der Waals surface area (Å²) in [7, 11) is 0. The molecule has 0 rings (SSSR count). The summed E-state index contributed by atoms with van der Waals surface area (Å²) in [4.78, 5) is 0. The maximum absolute atomic E-state index is 12.9. The second-order valence-electron chi connectivity index (χ2n) is 5.50. The molecule has 0 bridgehead atoms. The minimum absolute atomic E-state index is 0.416.